The van der Waals surface area contributed by atoms with Crippen LogP contribution in [0.25, 0.3) is 0 Å². The zero-order valence-electron chi connectivity index (χ0n) is 27.1. The molecule has 5 nitrogen and oxygen atoms in total. The number of carbonyl (C=O) groups is 1. The van der Waals surface area contributed by atoms with E-state index in [2.05, 4.69) is 107 Å². The molecule has 1 fully saturated rings. The summed E-state index contributed by atoms with van der Waals surface area (Å²) < 4.78 is 0. The van der Waals surface area contributed by atoms with Gasteiger partial charge in [0.2, 0.25) is 0 Å². The molecule has 42 heavy (non-hydrogen) atoms. The van der Waals surface area contributed by atoms with Gasteiger partial charge < -0.3 is 10.0 Å². The lowest BCUT2D eigenvalue weighted by molar-refractivity contribution is 0.135. The fraction of sp³-hybridized carbons (Fsp3) is 0.486. The Kier molecular flexibility index (Phi) is 9.72. The number of phenols is 1. The zero-order valence-corrected chi connectivity index (χ0v) is 27.1. The SMILES string of the molecule is CN(C(=O)N(C)C1CCN(Cc2ccccc2)CC1)c1ccccc1CCc1cc(C(C)(C)C)c(O)c(C(C)(C)C)c1. The lowest BCUT2D eigenvalue weighted by Gasteiger charge is -2.38. The molecule has 226 valence electrons. The van der Waals surface area contributed by atoms with Gasteiger partial charge in [-0.1, -0.05) is 102 Å². The number of rotatable bonds is 7. The second kappa shape index (κ2) is 12.9. The summed E-state index contributed by atoms with van der Waals surface area (Å²) in [6.07, 6.45) is 3.61. The van der Waals surface area contributed by atoms with Crippen molar-refractivity contribution in [2.45, 2.75) is 90.6 Å². The standard InChI is InChI=1S/C37H51N3O2/c1-36(2,3)31-24-28(25-32(34(31)41)37(4,5)6)18-19-29-16-12-13-17-33(29)39(8)35(42)38(7)30-20-22-40(23-21-30)26-27-14-10-9-11-15-27/h9-17,24-25,30,41H,18-23,26H2,1-8H3. The number of amides is 2. The minimum atomic E-state index is -0.160. The molecule has 1 heterocycles. The number of piperidine rings is 1. The van der Waals surface area contributed by atoms with Crippen molar-refractivity contribution in [1.29, 1.82) is 0 Å². The maximum atomic E-state index is 13.7. The van der Waals surface area contributed by atoms with Gasteiger partial charge in [-0.25, -0.2) is 4.79 Å². The highest BCUT2D eigenvalue weighted by Gasteiger charge is 2.29. The summed E-state index contributed by atoms with van der Waals surface area (Å²) in [5.74, 6) is 0.415. The van der Waals surface area contributed by atoms with Crippen molar-refractivity contribution in [2.75, 3.05) is 32.1 Å². The topological polar surface area (TPSA) is 47.0 Å². The summed E-state index contributed by atoms with van der Waals surface area (Å²) in [7, 11) is 3.86. The number of urea groups is 1. The van der Waals surface area contributed by atoms with Crippen LogP contribution < -0.4 is 4.90 Å². The van der Waals surface area contributed by atoms with Gasteiger partial charge in [0.25, 0.3) is 0 Å². The monoisotopic (exact) mass is 569 g/mol. The van der Waals surface area contributed by atoms with E-state index in [0.717, 1.165) is 67.7 Å². The van der Waals surface area contributed by atoms with Gasteiger partial charge in [-0.05, 0) is 70.4 Å². The van der Waals surface area contributed by atoms with Crippen molar-refractivity contribution in [3.8, 4) is 5.75 Å². The maximum Gasteiger partial charge on any atom is 0.324 e. The molecule has 3 aromatic carbocycles. The Hall–Kier alpha value is -3.31. The molecule has 1 N–H and O–H groups in total. The van der Waals surface area contributed by atoms with Crippen LogP contribution in [-0.4, -0.2) is 54.2 Å². The lowest BCUT2D eigenvalue weighted by Crippen LogP contribution is -2.49. The molecule has 0 atom stereocenters. The van der Waals surface area contributed by atoms with Gasteiger partial charge in [-0.15, -0.1) is 0 Å². The molecule has 4 rings (SSSR count). The number of benzene rings is 3. The normalized spacial score (nSPS) is 15.0. The number of likely N-dealkylation sites (tertiary alicyclic amines) is 1. The summed E-state index contributed by atoms with van der Waals surface area (Å²) in [4.78, 5) is 20.0. The second-order valence-electron chi connectivity index (χ2n) is 14.1. The number of hydrogen-bond acceptors (Lipinski definition) is 3. The van der Waals surface area contributed by atoms with E-state index in [1.54, 1.807) is 0 Å². The third kappa shape index (κ3) is 7.55. The molecule has 1 aliphatic heterocycles. The quantitative estimate of drug-likeness (QED) is 0.314. The first kappa shape index (κ1) is 31.6. The Labute approximate surface area is 254 Å². The third-order valence-electron chi connectivity index (χ3n) is 8.76. The van der Waals surface area contributed by atoms with Crippen LogP contribution in [-0.2, 0) is 30.2 Å². The number of hydrogen-bond donors (Lipinski definition) is 1. The first-order valence-corrected chi connectivity index (χ1v) is 15.5. The van der Waals surface area contributed by atoms with E-state index in [1.165, 1.54) is 11.1 Å². The summed E-state index contributed by atoms with van der Waals surface area (Å²) in [5.41, 5.74) is 6.33. The van der Waals surface area contributed by atoms with E-state index in [0.29, 0.717) is 5.75 Å². The van der Waals surface area contributed by atoms with Gasteiger partial charge in [0.1, 0.15) is 5.75 Å². The van der Waals surface area contributed by atoms with E-state index < -0.39 is 0 Å². The van der Waals surface area contributed by atoms with Gasteiger partial charge in [0.15, 0.2) is 0 Å². The van der Waals surface area contributed by atoms with E-state index >= 15 is 0 Å². The van der Waals surface area contributed by atoms with Crippen molar-refractivity contribution >= 4 is 11.7 Å². The highest BCUT2D eigenvalue weighted by Crippen LogP contribution is 2.40. The van der Waals surface area contributed by atoms with E-state index in [-0.39, 0.29) is 22.9 Å². The fourth-order valence-corrected chi connectivity index (χ4v) is 6.11. The predicted octanol–water partition coefficient (Wildman–Crippen LogP) is 7.93. The molecule has 0 aliphatic carbocycles. The van der Waals surface area contributed by atoms with Crippen molar-refractivity contribution in [3.63, 3.8) is 0 Å². The third-order valence-corrected chi connectivity index (χ3v) is 8.76. The molecule has 0 aromatic heterocycles. The first-order chi connectivity index (χ1) is 19.8. The molecule has 2 amide bonds. The molecule has 5 heteroatoms. The minimum Gasteiger partial charge on any atom is -0.507 e. The van der Waals surface area contributed by atoms with Crippen molar-refractivity contribution in [3.05, 3.63) is 94.5 Å². The molecule has 0 spiro atoms. The molecule has 1 aliphatic rings. The Bertz CT molecular complexity index is 1310. The zero-order chi connectivity index (χ0) is 30.7. The Balaban J connectivity index is 1.44. The van der Waals surface area contributed by atoms with Gasteiger partial charge in [0.05, 0.1) is 0 Å². The highest BCUT2D eigenvalue weighted by atomic mass is 16.3. The Morgan fingerprint density at radius 3 is 1.93 bits per heavy atom. The number of anilines is 1. The van der Waals surface area contributed by atoms with Crippen LogP contribution >= 0.6 is 0 Å². The first-order valence-electron chi connectivity index (χ1n) is 15.5. The number of para-hydroxylation sites is 1. The number of phenolic OH excluding ortho intramolecular Hbond substituents is 1. The van der Waals surface area contributed by atoms with Crippen LogP contribution in [0.2, 0.25) is 0 Å². The van der Waals surface area contributed by atoms with Crippen LogP contribution in [0.1, 0.15) is 82.2 Å². The molecule has 3 aromatic rings. The minimum absolute atomic E-state index is 0.0404. The van der Waals surface area contributed by atoms with Crippen LogP contribution in [0.3, 0.4) is 0 Å². The van der Waals surface area contributed by atoms with Crippen LogP contribution in [0.15, 0.2) is 66.7 Å². The summed E-state index contributed by atoms with van der Waals surface area (Å²) in [6.45, 7) is 15.9. The van der Waals surface area contributed by atoms with Crippen LogP contribution in [0.4, 0.5) is 10.5 Å². The highest BCUT2D eigenvalue weighted by molar-refractivity contribution is 5.92. The largest absolute Gasteiger partial charge is 0.507 e. The van der Waals surface area contributed by atoms with Crippen LogP contribution in [0, 0.1) is 0 Å². The van der Waals surface area contributed by atoms with Crippen molar-refractivity contribution in [1.82, 2.24) is 9.80 Å². The summed E-state index contributed by atoms with van der Waals surface area (Å²) in [5, 5.41) is 11.1. The fourth-order valence-electron chi connectivity index (χ4n) is 6.11. The van der Waals surface area contributed by atoms with E-state index in [4.69, 9.17) is 0 Å². The number of aromatic hydroxyl groups is 1. The predicted molar refractivity (Wildman–Crippen MR) is 176 cm³/mol. The Morgan fingerprint density at radius 1 is 0.810 bits per heavy atom. The summed E-state index contributed by atoms with van der Waals surface area (Å²) >= 11 is 0. The maximum absolute atomic E-state index is 13.7. The lowest BCUT2D eigenvalue weighted by atomic mass is 9.78. The molecular weight excluding hydrogens is 518 g/mol. The Morgan fingerprint density at radius 2 is 1.36 bits per heavy atom. The van der Waals surface area contributed by atoms with Gasteiger partial charge in [-0.3, -0.25) is 9.80 Å². The summed E-state index contributed by atoms with van der Waals surface area (Å²) in [6, 6.07) is 23.5. The molecule has 0 unspecified atom stereocenters. The molecule has 0 saturated carbocycles. The van der Waals surface area contributed by atoms with Crippen molar-refractivity contribution in [2.24, 2.45) is 0 Å². The van der Waals surface area contributed by atoms with Crippen molar-refractivity contribution < 1.29 is 9.90 Å². The number of nitrogens with zero attached hydrogens (tertiary/aromatic N) is 3. The smallest absolute Gasteiger partial charge is 0.324 e. The second-order valence-corrected chi connectivity index (χ2v) is 14.1. The molecule has 0 radical (unpaired) electrons. The van der Waals surface area contributed by atoms with Gasteiger partial charge in [-0.2, -0.15) is 0 Å². The van der Waals surface area contributed by atoms with E-state index in [1.807, 2.05) is 30.0 Å². The molecular formula is C37H51N3O2. The van der Waals surface area contributed by atoms with Crippen LogP contribution in [0.5, 0.6) is 5.75 Å². The average Bonchev–Trinajstić information content (AvgIpc) is 2.95. The number of carbonyl (C=O) groups excluding carboxylic acids is 1. The number of aryl methyl sites for hydroxylation is 2. The molecule has 0 bridgehead atoms. The van der Waals surface area contributed by atoms with Gasteiger partial charge in [0, 0.05) is 45.5 Å². The van der Waals surface area contributed by atoms with Gasteiger partial charge >= 0.3 is 6.03 Å². The average molecular weight is 570 g/mol. The molecule has 1 saturated heterocycles. The van der Waals surface area contributed by atoms with E-state index in [9.17, 15) is 9.90 Å².